The van der Waals surface area contributed by atoms with Crippen molar-refractivity contribution < 1.29 is 28.1 Å². The first kappa shape index (κ1) is 28.9. The van der Waals surface area contributed by atoms with Crippen molar-refractivity contribution in [3.05, 3.63) is 83.9 Å². The van der Waals surface area contributed by atoms with Crippen molar-refractivity contribution in [1.29, 1.82) is 0 Å². The number of rotatable bonds is 13. The second-order valence-corrected chi connectivity index (χ2v) is 13.1. The third kappa shape index (κ3) is 6.56. The molecule has 0 bridgehead atoms. The van der Waals surface area contributed by atoms with E-state index in [9.17, 15) is 14.6 Å². The molecule has 0 aromatic heterocycles. The maximum atomic E-state index is 12.1. The molecule has 4 atom stereocenters. The van der Waals surface area contributed by atoms with Gasteiger partial charge >= 0.3 is 0 Å². The Hall–Kier alpha value is -2.05. The number of likely N-dealkylation sites (N-methyl/N-ethyl adjacent to an activating group) is 1. The van der Waals surface area contributed by atoms with Crippen LogP contribution in [0.5, 0.6) is 0 Å². The lowest BCUT2D eigenvalue weighted by Gasteiger charge is -2.37. The summed E-state index contributed by atoms with van der Waals surface area (Å²) in [7, 11) is 1.64. The first-order valence-corrected chi connectivity index (χ1v) is 15.1. The van der Waals surface area contributed by atoms with Crippen LogP contribution >= 0.6 is 7.82 Å². The average molecular weight is 540 g/mol. The summed E-state index contributed by atoms with van der Waals surface area (Å²) in [5.74, 6) is 0.0909. The molecule has 4 rings (SSSR count). The van der Waals surface area contributed by atoms with Gasteiger partial charge in [0.15, 0.2) is 0 Å². The molecule has 1 saturated carbocycles. The van der Waals surface area contributed by atoms with Crippen LogP contribution in [-0.2, 0) is 13.6 Å². The topological polar surface area (TPSA) is 78.8 Å². The predicted octanol–water partition coefficient (Wildman–Crippen LogP) is 5.69. The van der Waals surface area contributed by atoms with Gasteiger partial charge in [-0.1, -0.05) is 72.8 Å². The van der Waals surface area contributed by atoms with Crippen molar-refractivity contribution in [2.75, 3.05) is 40.9 Å². The Balaban J connectivity index is 1.49. The van der Waals surface area contributed by atoms with E-state index in [-0.39, 0.29) is 30.7 Å². The van der Waals surface area contributed by atoms with Crippen molar-refractivity contribution in [3.63, 3.8) is 0 Å². The molecule has 0 amide bonds. The minimum atomic E-state index is -4.30. The lowest BCUT2D eigenvalue weighted by Crippen LogP contribution is -2.37. The first-order valence-electron chi connectivity index (χ1n) is 13.6. The molecular formula is C31H42NO5P. The Bertz CT molecular complexity index is 1170. The molecule has 6 nitrogen and oxygen atoms in total. The lowest BCUT2D eigenvalue weighted by molar-refractivity contribution is -0.870. The predicted molar refractivity (Wildman–Crippen MR) is 151 cm³/mol. The summed E-state index contributed by atoms with van der Waals surface area (Å²) < 4.78 is 22.9. The van der Waals surface area contributed by atoms with Crippen LogP contribution in [0.4, 0.5) is 0 Å². The van der Waals surface area contributed by atoms with Crippen LogP contribution in [-0.4, -0.2) is 56.6 Å². The van der Waals surface area contributed by atoms with E-state index in [1.807, 2.05) is 45.4 Å². The van der Waals surface area contributed by atoms with E-state index in [0.717, 1.165) is 43.2 Å². The summed E-state index contributed by atoms with van der Waals surface area (Å²) in [5.41, 5.74) is 5.70. The van der Waals surface area contributed by atoms with Gasteiger partial charge in [0, 0.05) is 11.3 Å². The van der Waals surface area contributed by atoms with Crippen LogP contribution in [0.1, 0.15) is 49.7 Å². The van der Waals surface area contributed by atoms with Crippen LogP contribution in [0.15, 0.2) is 72.8 Å². The molecule has 0 spiro atoms. The summed E-state index contributed by atoms with van der Waals surface area (Å²) >= 11 is 0. The maximum absolute atomic E-state index is 12.1. The molecule has 4 unspecified atom stereocenters. The average Bonchev–Trinajstić information content (AvgIpc) is 3.38. The molecule has 2 aromatic carbocycles. The Morgan fingerprint density at radius 1 is 1.05 bits per heavy atom. The summed E-state index contributed by atoms with van der Waals surface area (Å²) in [6.45, 7) is 5.40. The van der Waals surface area contributed by atoms with Gasteiger partial charge in [-0.3, -0.25) is 4.57 Å². The summed E-state index contributed by atoms with van der Waals surface area (Å²) in [4.78, 5) is 12.1. The van der Waals surface area contributed by atoms with Crippen LogP contribution < -0.4 is 4.89 Å². The number of fused-ring (bicyclic) bond motifs is 1. The summed E-state index contributed by atoms with van der Waals surface area (Å²) in [6.07, 6.45) is 4.31. The molecule has 38 heavy (non-hydrogen) atoms. The van der Waals surface area contributed by atoms with Gasteiger partial charge in [0.25, 0.3) is 7.82 Å². The van der Waals surface area contributed by atoms with Crippen LogP contribution in [0, 0.1) is 11.3 Å². The third-order valence-electron chi connectivity index (χ3n) is 8.05. The first-order chi connectivity index (χ1) is 18.0. The van der Waals surface area contributed by atoms with Gasteiger partial charge < -0.3 is 23.5 Å². The largest absolute Gasteiger partial charge is 0.756 e. The number of aliphatic hydroxyl groups excluding tert-OH is 1. The van der Waals surface area contributed by atoms with Crippen molar-refractivity contribution in [2.45, 2.75) is 44.6 Å². The van der Waals surface area contributed by atoms with E-state index >= 15 is 0 Å². The number of aliphatic hydroxyl groups is 1. The fourth-order valence-electron chi connectivity index (χ4n) is 6.19. The van der Waals surface area contributed by atoms with Gasteiger partial charge in [0.1, 0.15) is 13.2 Å². The number of allylic oxidation sites excluding steroid dienone is 3. The van der Waals surface area contributed by atoms with Crippen LogP contribution in [0.3, 0.4) is 0 Å². The Morgan fingerprint density at radius 3 is 2.34 bits per heavy atom. The Morgan fingerprint density at radius 2 is 1.68 bits per heavy atom. The number of hydrogen-bond donors (Lipinski definition) is 1. The number of hydrogen-bond acceptors (Lipinski definition) is 5. The molecule has 0 aliphatic heterocycles. The number of quaternary nitrogens is 1. The Kier molecular flexibility index (Phi) is 9.14. The quantitative estimate of drug-likeness (QED) is 0.201. The number of nitrogens with zero attached hydrogens (tertiary/aromatic N) is 1. The van der Waals surface area contributed by atoms with E-state index < -0.39 is 7.82 Å². The number of phosphoric acid groups is 1. The van der Waals surface area contributed by atoms with E-state index in [2.05, 4.69) is 43.0 Å². The van der Waals surface area contributed by atoms with Crippen molar-refractivity contribution in [1.82, 2.24) is 0 Å². The van der Waals surface area contributed by atoms with Crippen molar-refractivity contribution >= 4 is 19.0 Å². The van der Waals surface area contributed by atoms with Gasteiger partial charge in [-0.05, 0) is 60.8 Å². The van der Waals surface area contributed by atoms with E-state index in [4.69, 9.17) is 9.05 Å². The third-order valence-corrected chi connectivity index (χ3v) is 9.05. The molecule has 2 aliphatic carbocycles. The molecule has 2 aromatic rings. The molecule has 2 aliphatic rings. The minimum Gasteiger partial charge on any atom is -0.756 e. The van der Waals surface area contributed by atoms with Crippen LogP contribution in [0.25, 0.3) is 11.1 Å². The molecule has 206 valence electrons. The van der Waals surface area contributed by atoms with Gasteiger partial charge in [-0.2, -0.15) is 0 Å². The smallest absolute Gasteiger partial charge is 0.268 e. The number of benzene rings is 2. The fraction of sp³-hybridized carbons (Fsp3) is 0.484. The standard InChI is InChI=1S/C31H42NO5P/c1-24(25-13-7-5-8-14-25)31-19-18-29(33)28(31)23-27(30(31)26-15-9-6-10-16-26)17-11-12-21-36-38(34,35)37-22-20-32(2,3)4/h5-10,13-16,28-29,33H,1,11-12,17-23H2,2-4H3. The van der Waals surface area contributed by atoms with Crippen molar-refractivity contribution in [2.24, 2.45) is 11.3 Å². The monoisotopic (exact) mass is 539 g/mol. The lowest BCUT2D eigenvalue weighted by atomic mass is 9.66. The second-order valence-electron chi connectivity index (χ2n) is 11.7. The molecule has 7 heteroatoms. The highest BCUT2D eigenvalue weighted by Crippen LogP contribution is 2.66. The fourth-order valence-corrected chi connectivity index (χ4v) is 6.92. The van der Waals surface area contributed by atoms with E-state index in [1.54, 1.807) is 0 Å². The SMILES string of the molecule is C=C(c1ccccc1)C12CCC(O)C1CC(CCCCOP(=O)([O-])OCC[N+](C)(C)C)=C2c1ccccc1. The molecular weight excluding hydrogens is 497 g/mol. The molecule has 0 radical (unpaired) electrons. The molecule has 1 N–H and O–H groups in total. The van der Waals surface area contributed by atoms with Crippen molar-refractivity contribution in [3.8, 4) is 0 Å². The summed E-state index contributed by atoms with van der Waals surface area (Å²) in [5, 5.41) is 11.1. The minimum absolute atomic E-state index is 0.0909. The zero-order valence-electron chi connectivity index (χ0n) is 23.0. The highest BCUT2D eigenvalue weighted by atomic mass is 31.2. The van der Waals surface area contributed by atoms with Gasteiger partial charge in [-0.15, -0.1) is 0 Å². The zero-order valence-corrected chi connectivity index (χ0v) is 23.9. The molecule has 0 heterocycles. The molecule has 0 saturated heterocycles. The van der Waals surface area contributed by atoms with E-state index in [1.165, 1.54) is 16.7 Å². The zero-order chi connectivity index (χ0) is 27.4. The second kappa shape index (κ2) is 12.0. The normalized spacial score (nSPS) is 24.9. The molecule has 1 fully saturated rings. The van der Waals surface area contributed by atoms with Crippen LogP contribution in [0.2, 0.25) is 0 Å². The summed E-state index contributed by atoms with van der Waals surface area (Å²) in [6, 6.07) is 20.8. The Labute approximate surface area is 227 Å². The van der Waals surface area contributed by atoms with E-state index in [0.29, 0.717) is 17.4 Å². The number of unbranched alkanes of at least 4 members (excludes halogenated alkanes) is 1. The van der Waals surface area contributed by atoms with Gasteiger partial charge in [0.2, 0.25) is 0 Å². The van der Waals surface area contributed by atoms with Gasteiger partial charge in [-0.25, -0.2) is 0 Å². The van der Waals surface area contributed by atoms with Gasteiger partial charge in [0.05, 0.1) is 33.9 Å². The highest BCUT2D eigenvalue weighted by molar-refractivity contribution is 7.45. The highest BCUT2D eigenvalue weighted by Gasteiger charge is 2.56. The number of phosphoric ester groups is 1. The maximum Gasteiger partial charge on any atom is 0.268 e.